The third-order valence-corrected chi connectivity index (χ3v) is 4.72. The van der Waals surface area contributed by atoms with E-state index in [1.54, 1.807) is 24.3 Å². The highest BCUT2D eigenvalue weighted by Crippen LogP contribution is 2.22. The standard InChI is InChI=1S/C13H16N4O2S/c1-9-2-4-10(5-3-9)20(18,19)17-13-11-8-14-7-6-12(11)15-16-13/h2-5,14H,6-8H2,1H3,(H2,15,16,17). The summed E-state index contributed by atoms with van der Waals surface area (Å²) in [6.07, 6.45) is 0.828. The van der Waals surface area contributed by atoms with E-state index in [-0.39, 0.29) is 4.90 Å². The molecular formula is C13H16N4O2S. The van der Waals surface area contributed by atoms with Crippen molar-refractivity contribution in [3.63, 3.8) is 0 Å². The van der Waals surface area contributed by atoms with Gasteiger partial charge < -0.3 is 5.32 Å². The largest absolute Gasteiger partial charge is 0.312 e. The summed E-state index contributed by atoms with van der Waals surface area (Å²) in [6, 6.07) is 6.73. The Balaban J connectivity index is 1.90. The molecule has 20 heavy (non-hydrogen) atoms. The Morgan fingerprint density at radius 2 is 2.00 bits per heavy atom. The summed E-state index contributed by atoms with van der Waals surface area (Å²) < 4.78 is 27.2. The van der Waals surface area contributed by atoms with E-state index < -0.39 is 10.0 Å². The van der Waals surface area contributed by atoms with Crippen molar-refractivity contribution in [1.29, 1.82) is 0 Å². The Kier molecular flexibility index (Phi) is 3.23. The van der Waals surface area contributed by atoms with Crippen molar-refractivity contribution >= 4 is 15.8 Å². The van der Waals surface area contributed by atoms with Crippen LogP contribution in [-0.2, 0) is 23.0 Å². The average molecular weight is 292 g/mol. The van der Waals surface area contributed by atoms with Crippen LogP contribution in [0.2, 0.25) is 0 Å². The molecule has 0 atom stereocenters. The third-order valence-electron chi connectivity index (χ3n) is 3.37. The maximum Gasteiger partial charge on any atom is 0.263 e. The highest BCUT2D eigenvalue weighted by molar-refractivity contribution is 7.92. The molecule has 106 valence electrons. The third kappa shape index (κ3) is 2.41. The van der Waals surface area contributed by atoms with E-state index in [4.69, 9.17) is 0 Å². The average Bonchev–Trinajstić information content (AvgIpc) is 2.82. The summed E-state index contributed by atoms with van der Waals surface area (Å²) in [5.41, 5.74) is 2.91. The molecule has 0 unspecified atom stereocenters. The SMILES string of the molecule is Cc1ccc(S(=O)(=O)Nc2n[nH]c3c2CNCC3)cc1. The van der Waals surface area contributed by atoms with Crippen molar-refractivity contribution in [2.75, 3.05) is 11.3 Å². The van der Waals surface area contributed by atoms with Crippen molar-refractivity contribution in [3.05, 3.63) is 41.1 Å². The van der Waals surface area contributed by atoms with E-state index in [9.17, 15) is 8.42 Å². The van der Waals surface area contributed by atoms with Gasteiger partial charge in [-0.05, 0) is 19.1 Å². The molecule has 1 aliphatic heterocycles. The Hall–Kier alpha value is -1.86. The first-order chi connectivity index (χ1) is 9.56. The molecule has 0 fully saturated rings. The van der Waals surface area contributed by atoms with Gasteiger partial charge in [-0.25, -0.2) is 8.42 Å². The minimum Gasteiger partial charge on any atom is -0.312 e. The quantitative estimate of drug-likeness (QED) is 0.792. The number of aromatic amines is 1. The Bertz CT molecular complexity index is 719. The molecule has 1 aromatic heterocycles. The van der Waals surface area contributed by atoms with Crippen LogP contribution >= 0.6 is 0 Å². The van der Waals surface area contributed by atoms with Crippen LogP contribution in [-0.4, -0.2) is 25.2 Å². The van der Waals surface area contributed by atoms with Crippen LogP contribution in [0, 0.1) is 6.92 Å². The second kappa shape index (κ2) is 4.92. The summed E-state index contributed by atoms with van der Waals surface area (Å²) in [5, 5.41) is 10.2. The molecule has 0 bridgehead atoms. The lowest BCUT2D eigenvalue weighted by Gasteiger charge is -2.13. The molecule has 0 saturated carbocycles. The van der Waals surface area contributed by atoms with Gasteiger partial charge in [-0.3, -0.25) is 9.82 Å². The molecule has 7 heteroatoms. The summed E-state index contributed by atoms with van der Waals surface area (Å²) in [4.78, 5) is 0.239. The van der Waals surface area contributed by atoms with Gasteiger partial charge in [0.1, 0.15) is 0 Å². The van der Waals surface area contributed by atoms with E-state index in [0.717, 1.165) is 29.8 Å². The van der Waals surface area contributed by atoms with E-state index in [0.29, 0.717) is 12.4 Å². The second-order valence-electron chi connectivity index (χ2n) is 4.87. The number of sulfonamides is 1. The fraction of sp³-hybridized carbons (Fsp3) is 0.308. The van der Waals surface area contributed by atoms with Crippen LogP contribution in [0.3, 0.4) is 0 Å². The van der Waals surface area contributed by atoms with Gasteiger partial charge in [0.25, 0.3) is 10.0 Å². The van der Waals surface area contributed by atoms with Gasteiger partial charge in [0.05, 0.1) is 4.90 Å². The molecule has 1 aliphatic rings. The highest BCUT2D eigenvalue weighted by atomic mass is 32.2. The molecule has 0 radical (unpaired) electrons. The number of aryl methyl sites for hydroxylation is 1. The number of fused-ring (bicyclic) bond motifs is 1. The van der Waals surface area contributed by atoms with Gasteiger partial charge in [-0.15, -0.1) is 0 Å². The maximum atomic E-state index is 12.3. The van der Waals surface area contributed by atoms with Crippen LogP contribution in [0.4, 0.5) is 5.82 Å². The zero-order chi connectivity index (χ0) is 14.2. The van der Waals surface area contributed by atoms with Crippen LogP contribution in [0.1, 0.15) is 16.8 Å². The molecule has 3 N–H and O–H groups in total. The first kappa shape index (κ1) is 13.1. The molecule has 2 aromatic rings. The van der Waals surface area contributed by atoms with Gasteiger partial charge in [0, 0.05) is 30.8 Å². The van der Waals surface area contributed by atoms with E-state index in [1.807, 2.05) is 6.92 Å². The fourth-order valence-corrected chi connectivity index (χ4v) is 3.25. The molecule has 0 aliphatic carbocycles. The number of nitrogens with one attached hydrogen (secondary N) is 3. The monoisotopic (exact) mass is 292 g/mol. The first-order valence-corrected chi connectivity index (χ1v) is 7.91. The number of hydrogen-bond acceptors (Lipinski definition) is 4. The smallest absolute Gasteiger partial charge is 0.263 e. The molecule has 6 nitrogen and oxygen atoms in total. The number of benzene rings is 1. The Morgan fingerprint density at radius 1 is 1.25 bits per heavy atom. The number of H-pyrrole nitrogens is 1. The minimum absolute atomic E-state index is 0.239. The summed E-state index contributed by atoms with van der Waals surface area (Å²) in [5.74, 6) is 0.382. The molecule has 0 saturated heterocycles. The van der Waals surface area contributed by atoms with Gasteiger partial charge in [0.15, 0.2) is 5.82 Å². The normalized spacial score (nSPS) is 14.8. The van der Waals surface area contributed by atoms with Gasteiger partial charge in [0.2, 0.25) is 0 Å². The summed E-state index contributed by atoms with van der Waals surface area (Å²) >= 11 is 0. The number of aromatic nitrogens is 2. The summed E-state index contributed by atoms with van der Waals surface area (Å²) in [7, 11) is -3.59. The lowest BCUT2D eigenvalue weighted by molar-refractivity contribution is 0.600. The molecular weight excluding hydrogens is 276 g/mol. The van der Waals surface area contributed by atoms with Gasteiger partial charge in [-0.1, -0.05) is 17.7 Å². The fourth-order valence-electron chi connectivity index (χ4n) is 2.21. The highest BCUT2D eigenvalue weighted by Gasteiger charge is 2.21. The lowest BCUT2D eigenvalue weighted by atomic mass is 10.1. The van der Waals surface area contributed by atoms with Crippen molar-refractivity contribution in [2.45, 2.75) is 24.8 Å². The van der Waals surface area contributed by atoms with E-state index in [2.05, 4.69) is 20.2 Å². The number of anilines is 1. The predicted octanol–water partition coefficient (Wildman–Crippen LogP) is 1.16. The Labute approximate surface area is 117 Å². The van der Waals surface area contributed by atoms with Crippen LogP contribution < -0.4 is 10.0 Å². The van der Waals surface area contributed by atoms with Crippen molar-refractivity contribution in [2.24, 2.45) is 0 Å². The zero-order valence-electron chi connectivity index (χ0n) is 11.1. The molecule has 0 amide bonds. The van der Waals surface area contributed by atoms with Gasteiger partial charge >= 0.3 is 0 Å². The van der Waals surface area contributed by atoms with Crippen LogP contribution in [0.25, 0.3) is 0 Å². The Morgan fingerprint density at radius 3 is 2.75 bits per heavy atom. The minimum atomic E-state index is -3.59. The zero-order valence-corrected chi connectivity index (χ0v) is 11.9. The number of rotatable bonds is 3. The lowest BCUT2D eigenvalue weighted by Crippen LogP contribution is -2.24. The number of hydrogen-bond donors (Lipinski definition) is 3. The first-order valence-electron chi connectivity index (χ1n) is 6.42. The van der Waals surface area contributed by atoms with Crippen molar-refractivity contribution in [3.8, 4) is 0 Å². The van der Waals surface area contributed by atoms with Crippen molar-refractivity contribution < 1.29 is 8.42 Å². The summed E-state index contributed by atoms with van der Waals surface area (Å²) in [6.45, 7) is 3.41. The molecule has 1 aromatic carbocycles. The van der Waals surface area contributed by atoms with Crippen molar-refractivity contribution in [1.82, 2.24) is 15.5 Å². The van der Waals surface area contributed by atoms with Gasteiger partial charge in [-0.2, -0.15) is 5.10 Å². The van der Waals surface area contributed by atoms with E-state index in [1.165, 1.54) is 0 Å². The maximum absolute atomic E-state index is 12.3. The van der Waals surface area contributed by atoms with Crippen LogP contribution in [0.5, 0.6) is 0 Å². The topological polar surface area (TPSA) is 86.9 Å². The predicted molar refractivity (Wildman–Crippen MR) is 76.0 cm³/mol. The second-order valence-corrected chi connectivity index (χ2v) is 6.56. The van der Waals surface area contributed by atoms with Crippen LogP contribution in [0.15, 0.2) is 29.2 Å². The molecule has 0 spiro atoms. The molecule has 2 heterocycles. The number of nitrogens with zero attached hydrogens (tertiary/aromatic N) is 1. The van der Waals surface area contributed by atoms with E-state index >= 15 is 0 Å². The molecule has 3 rings (SSSR count).